The van der Waals surface area contributed by atoms with Crippen LogP contribution in [0.2, 0.25) is 0 Å². The minimum atomic E-state index is -1.82. The molecule has 24 heavy (non-hydrogen) atoms. The zero-order valence-electron chi connectivity index (χ0n) is 13.5. The number of ketones is 2. The first-order valence-electron chi connectivity index (χ1n) is 8.35. The van der Waals surface area contributed by atoms with E-state index in [-0.39, 0.29) is 0 Å². The first-order chi connectivity index (χ1) is 11.4. The number of rotatable bonds is 0. The molecule has 6 aliphatic rings. The molecule has 4 unspecified atom stereocenters. The van der Waals surface area contributed by atoms with E-state index in [1.54, 1.807) is 0 Å². The number of carbonyl (C=O) groups is 4. The van der Waals surface area contributed by atoms with Crippen molar-refractivity contribution in [3.63, 3.8) is 0 Å². The molecule has 4 heterocycles. The van der Waals surface area contributed by atoms with E-state index in [1.807, 2.05) is 0 Å². The predicted octanol–water partition coefficient (Wildman–Crippen LogP) is -0.190. The molecule has 4 saturated heterocycles. The molecule has 4 atom stereocenters. The van der Waals surface area contributed by atoms with Crippen LogP contribution in [0.15, 0.2) is 0 Å². The molecule has 0 aromatic rings. The molecule has 0 radical (unpaired) electrons. The molecule has 134 valence electrons. The van der Waals surface area contributed by atoms with E-state index in [2.05, 4.69) is 10.6 Å². The number of carboxylic acid groups (broad SMARTS) is 2. The fraction of sp³-hybridized carbons (Fsp3) is 0.750. The van der Waals surface area contributed by atoms with Crippen molar-refractivity contribution in [3.8, 4) is 0 Å². The molecule has 6 rings (SSSR count). The fourth-order valence-electron chi connectivity index (χ4n) is 3.55. The van der Waals surface area contributed by atoms with Crippen molar-refractivity contribution in [1.82, 2.24) is 10.6 Å². The average Bonchev–Trinajstić information content (AvgIpc) is 2.57. The highest BCUT2D eigenvalue weighted by Gasteiger charge is 2.34. The number of piperidine rings is 4. The molecule has 4 N–H and O–H groups in total. The van der Waals surface area contributed by atoms with Gasteiger partial charge in [0.05, 0.1) is 0 Å². The lowest BCUT2D eigenvalue weighted by atomic mass is 9.81. The van der Waals surface area contributed by atoms with E-state index in [1.165, 1.54) is 12.8 Å². The molecule has 4 bridgehead atoms. The van der Waals surface area contributed by atoms with Crippen LogP contribution in [0.5, 0.6) is 0 Å². The van der Waals surface area contributed by atoms with Crippen LogP contribution in [-0.4, -0.2) is 58.9 Å². The highest BCUT2D eigenvalue weighted by atomic mass is 16.4. The number of carboxylic acids is 2. The predicted molar refractivity (Wildman–Crippen MR) is 83.5 cm³/mol. The monoisotopic (exact) mass is 340 g/mol. The van der Waals surface area contributed by atoms with Crippen molar-refractivity contribution < 1.29 is 29.4 Å². The summed E-state index contributed by atoms with van der Waals surface area (Å²) in [5.74, 6) is -1.93. The van der Waals surface area contributed by atoms with Gasteiger partial charge in [-0.2, -0.15) is 0 Å². The number of fused-ring (bicyclic) bond motifs is 6. The first-order valence-corrected chi connectivity index (χ1v) is 8.35. The number of nitrogens with one attached hydrogen (secondary N) is 2. The van der Waals surface area contributed by atoms with Gasteiger partial charge in [-0.1, -0.05) is 0 Å². The molecule has 8 nitrogen and oxygen atoms in total. The Hall–Kier alpha value is -1.80. The third kappa shape index (κ3) is 5.10. The number of Topliss-reactive ketones (excluding diaryl/α,β-unsaturated/α-hetero) is 2. The minimum Gasteiger partial charge on any atom is -0.473 e. The lowest BCUT2D eigenvalue weighted by Crippen LogP contribution is -2.49. The Morgan fingerprint density at radius 3 is 1.21 bits per heavy atom. The van der Waals surface area contributed by atoms with Gasteiger partial charge in [0.1, 0.15) is 11.6 Å². The van der Waals surface area contributed by atoms with Crippen molar-refractivity contribution in [2.75, 3.05) is 13.1 Å². The smallest absolute Gasteiger partial charge is 0.414 e. The zero-order valence-corrected chi connectivity index (χ0v) is 13.5. The third-order valence-electron chi connectivity index (χ3n) is 5.02. The van der Waals surface area contributed by atoms with Crippen molar-refractivity contribution in [2.24, 2.45) is 11.8 Å². The Morgan fingerprint density at radius 2 is 1.12 bits per heavy atom. The second-order valence-electron chi connectivity index (χ2n) is 6.71. The van der Waals surface area contributed by atoms with Crippen LogP contribution in [0, 0.1) is 11.8 Å². The Kier molecular flexibility index (Phi) is 6.44. The Bertz CT molecular complexity index is 459. The van der Waals surface area contributed by atoms with Gasteiger partial charge >= 0.3 is 11.9 Å². The summed E-state index contributed by atoms with van der Waals surface area (Å²) in [5, 5.41) is 21.4. The van der Waals surface area contributed by atoms with Crippen LogP contribution in [0.1, 0.15) is 38.5 Å². The second-order valence-corrected chi connectivity index (χ2v) is 6.71. The van der Waals surface area contributed by atoms with E-state index >= 15 is 0 Å². The maximum absolute atomic E-state index is 11.0. The van der Waals surface area contributed by atoms with Crippen LogP contribution in [0.3, 0.4) is 0 Å². The third-order valence-corrected chi connectivity index (χ3v) is 5.02. The van der Waals surface area contributed by atoms with Crippen molar-refractivity contribution in [3.05, 3.63) is 0 Å². The SMILES string of the molecule is O=C(O)C(=O)O.O=C1CC2CCC1CN2.O=C1CC2CCC1CN2. The molecule has 8 heteroatoms. The number of hydrogen-bond donors (Lipinski definition) is 4. The van der Waals surface area contributed by atoms with Gasteiger partial charge < -0.3 is 20.8 Å². The minimum absolute atomic E-state index is 0.370. The number of carbonyl (C=O) groups excluding carboxylic acids is 2. The molecule has 2 saturated carbocycles. The summed E-state index contributed by atoms with van der Waals surface area (Å²) >= 11 is 0. The highest BCUT2D eigenvalue weighted by Crippen LogP contribution is 2.26. The zero-order chi connectivity index (χ0) is 17.7. The van der Waals surface area contributed by atoms with Crippen molar-refractivity contribution in [2.45, 2.75) is 50.6 Å². The molecule has 0 aromatic heterocycles. The summed E-state index contributed by atoms with van der Waals surface area (Å²) in [6.45, 7) is 1.90. The Morgan fingerprint density at radius 1 is 0.750 bits per heavy atom. The molecule has 4 aliphatic heterocycles. The molecule has 2 aliphatic carbocycles. The normalized spacial score (nSPS) is 33.0. The first kappa shape index (κ1) is 18.5. The van der Waals surface area contributed by atoms with Gasteiger partial charge in [0.2, 0.25) is 0 Å². The molecule has 0 spiro atoms. The van der Waals surface area contributed by atoms with E-state index < -0.39 is 11.9 Å². The topological polar surface area (TPSA) is 133 Å². The van der Waals surface area contributed by atoms with Crippen LogP contribution in [0.4, 0.5) is 0 Å². The Balaban J connectivity index is 0.000000134. The molecule has 6 fully saturated rings. The quantitative estimate of drug-likeness (QED) is 0.446. The van der Waals surface area contributed by atoms with E-state index in [4.69, 9.17) is 19.8 Å². The van der Waals surface area contributed by atoms with Gasteiger partial charge in [-0.15, -0.1) is 0 Å². The van der Waals surface area contributed by atoms with Crippen LogP contribution in [0.25, 0.3) is 0 Å². The van der Waals surface area contributed by atoms with Gasteiger partial charge in [-0.05, 0) is 25.7 Å². The van der Waals surface area contributed by atoms with E-state index in [0.29, 0.717) is 35.5 Å². The van der Waals surface area contributed by atoms with Crippen LogP contribution < -0.4 is 10.6 Å². The second kappa shape index (κ2) is 8.34. The van der Waals surface area contributed by atoms with Gasteiger partial charge in [-0.25, -0.2) is 9.59 Å². The van der Waals surface area contributed by atoms with Crippen LogP contribution >= 0.6 is 0 Å². The highest BCUT2D eigenvalue weighted by molar-refractivity contribution is 6.27. The van der Waals surface area contributed by atoms with Crippen molar-refractivity contribution >= 4 is 23.5 Å². The van der Waals surface area contributed by atoms with Crippen molar-refractivity contribution in [1.29, 1.82) is 0 Å². The summed E-state index contributed by atoms with van der Waals surface area (Å²) in [6, 6.07) is 1.06. The summed E-state index contributed by atoms with van der Waals surface area (Å²) in [7, 11) is 0. The summed E-state index contributed by atoms with van der Waals surface area (Å²) < 4.78 is 0. The van der Waals surface area contributed by atoms with Crippen LogP contribution in [-0.2, 0) is 19.2 Å². The largest absolute Gasteiger partial charge is 0.473 e. The van der Waals surface area contributed by atoms with Gasteiger partial charge in [0, 0.05) is 49.9 Å². The maximum atomic E-state index is 11.0. The summed E-state index contributed by atoms with van der Waals surface area (Å²) in [5.41, 5.74) is 0. The summed E-state index contributed by atoms with van der Waals surface area (Å²) in [6.07, 6.45) is 6.30. The van der Waals surface area contributed by atoms with Gasteiger partial charge in [-0.3, -0.25) is 9.59 Å². The van der Waals surface area contributed by atoms with E-state index in [9.17, 15) is 9.59 Å². The maximum Gasteiger partial charge on any atom is 0.414 e. The number of hydrogen-bond acceptors (Lipinski definition) is 6. The lowest BCUT2D eigenvalue weighted by molar-refractivity contribution is -0.159. The summed E-state index contributed by atoms with van der Waals surface area (Å²) in [4.78, 5) is 40.2. The molecule has 0 aromatic carbocycles. The van der Waals surface area contributed by atoms with Gasteiger partial charge in [0.15, 0.2) is 0 Å². The fourth-order valence-corrected chi connectivity index (χ4v) is 3.55. The Labute approximate surface area is 140 Å². The molecule has 0 amide bonds. The molecular weight excluding hydrogens is 316 g/mol. The van der Waals surface area contributed by atoms with E-state index in [0.717, 1.165) is 38.8 Å². The van der Waals surface area contributed by atoms with Gasteiger partial charge in [0.25, 0.3) is 0 Å². The standard InChI is InChI=1S/2C7H11NO.C2H2O4/c2*9-7-3-6-2-1-5(7)4-8-6;3-1(4)2(5)6/h2*5-6,8H,1-4H2;(H,3,4)(H,5,6). The lowest BCUT2D eigenvalue weighted by Gasteiger charge is -2.35. The average molecular weight is 340 g/mol. The number of aliphatic carboxylic acids is 2. The molecular formula is C16H24N2O6.